The molecule has 0 saturated carbocycles. The van der Waals surface area contributed by atoms with Gasteiger partial charge in [-0.2, -0.15) is 0 Å². The standard InChI is InChI=1S/C13H15N3O/c1-8-3-4-9-5-6-13(10(9)7-8)11(17)15-12(14-2)16-13/h3-4,7H,5-6H2,1-2H3,(H2,14,15,16,17). The first kappa shape index (κ1) is 10.3. The van der Waals surface area contributed by atoms with E-state index >= 15 is 0 Å². The lowest BCUT2D eigenvalue weighted by Crippen LogP contribution is -2.41. The molecule has 0 bridgehead atoms. The number of amides is 1. The highest BCUT2D eigenvalue weighted by Gasteiger charge is 2.50. The Labute approximate surface area is 100 Å². The summed E-state index contributed by atoms with van der Waals surface area (Å²) >= 11 is 0. The van der Waals surface area contributed by atoms with Gasteiger partial charge in [0, 0.05) is 7.05 Å². The monoisotopic (exact) mass is 229 g/mol. The second-order valence-corrected chi connectivity index (χ2v) is 4.72. The number of aliphatic imine (C=N–C) groups is 1. The Bertz CT molecular complexity index is 535. The van der Waals surface area contributed by atoms with Crippen LogP contribution in [0.15, 0.2) is 23.2 Å². The molecule has 1 fully saturated rings. The van der Waals surface area contributed by atoms with Crippen molar-refractivity contribution in [3.8, 4) is 0 Å². The second-order valence-electron chi connectivity index (χ2n) is 4.72. The van der Waals surface area contributed by atoms with Crippen molar-refractivity contribution in [3.63, 3.8) is 0 Å². The van der Waals surface area contributed by atoms with Crippen molar-refractivity contribution in [1.82, 2.24) is 10.6 Å². The molecule has 4 nitrogen and oxygen atoms in total. The summed E-state index contributed by atoms with van der Waals surface area (Å²) in [6.07, 6.45) is 1.74. The molecular weight excluding hydrogens is 214 g/mol. The molecule has 3 rings (SSSR count). The van der Waals surface area contributed by atoms with E-state index in [1.807, 2.05) is 6.92 Å². The van der Waals surface area contributed by atoms with Crippen LogP contribution >= 0.6 is 0 Å². The van der Waals surface area contributed by atoms with Crippen molar-refractivity contribution in [2.24, 2.45) is 4.99 Å². The Hall–Kier alpha value is -1.84. The highest BCUT2D eigenvalue weighted by molar-refractivity contribution is 6.09. The molecule has 1 aliphatic carbocycles. The Morgan fingerprint density at radius 1 is 1.41 bits per heavy atom. The van der Waals surface area contributed by atoms with E-state index in [0.29, 0.717) is 5.96 Å². The number of benzene rings is 1. The minimum atomic E-state index is -0.587. The van der Waals surface area contributed by atoms with Crippen LogP contribution in [0.5, 0.6) is 0 Å². The van der Waals surface area contributed by atoms with E-state index < -0.39 is 5.54 Å². The third-order valence-electron chi connectivity index (χ3n) is 3.67. The Balaban J connectivity index is 2.14. The van der Waals surface area contributed by atoms with Crippen LogP contribution in [0.25, 0.3) is 0 Å². The summed E-state index contributed by atoms with van der Waals surface area (Å²) in [5, 5.41) is 6.04. The van der Waals surface area contributed by atoms with Gasteiger partial charge in [0.2, 0.25) is 0 Å². The van der Waals surface area contributed by atoms with E-state index in [1.54, 1.807) is 7.05 Å². The molecule has 17 heavy (non-hydrogen) atoms. The van der Waals surface area contributed by atoms with Crippen molar-refractivity contribution < 1.29 is 4.79 Å². The number of carbonyl (C=O) groups is 1. The SMILES string of the molecule is CN=C1NC(=O)C2(CCc3ccc(C)cc32)N1. The number of carbonyl (C=O) groups excluding carboxylic acids is 1. The van der Waals surface area contributed by atoms with E-state index in [4.69, 9.17) is 0 Å². The van der Waals surface area contributed by atoms with Crippen LogP contribution in [-0.4, -0.2) is 18.9 Å². The molecule has 1 unspecified atom stereocenters. The van der Waals surface area contributed by atoms with Crippen LogP contribution in [-0.2, 0) is 16.8 Å². The van der Waals surface area contributed by atoms with Gasteiger partial charge in [-0.3, -0.25) is 15.1 Å². The lowest BCUT2D eigenvalue weighted by atomic mass is 9.91. The van der Waals surface area contributed by atoms with E-state index in [0.717, 1.165) is 18.4 Å². The predicted molar refractivity (Wildman–Crippen MR) is 65.8 cm³/mol. The zero-order valence-corrected chi connectivity index (χ0v) is 10.0. The Kier molecular flexibility index (Phi) is 2.02. The number of rotatable bonds is 0. The van der Waals surface area contributed by atoms with Gasteiger partial charge >= 0.3 is 0 Å². The molecule has 1 aromatic carbocycles. The van der Waals surface area contributed by atoms with Crippen molar-refractivity contribution in [1.29, 1.82) is 0 Å². The van der Waals surface area contributed by atoms with Crippen molar-refractivity contribution >= 4 is 11.9 Å². The molecule has 1 atom stereocenters. The largest absolute Gasteiger partial charge is 0.338 e. The smallest absolute Gasteiger partial charge is 0.257 e. The fourth-order valence-electron chi connectivity index (χ4n) is 2.74. The number of fused-ring (bicyclic) bond motifs is 2. The maximum atomic E-state index is 12.2. The predicted octanol–water partition coefficient (Wildman–Crippen LogP) is 0.842. The lowest BCUT2D eigenvalue weighted by molar-refractivity contribution is -0.124. The fourth-order valence-corrected chi connectivity index (χ4v) is 2.74. The van der Waals surface area contributed by atoms with Gasteiger partial charge in [-0.1, -0.05) is 23.8 Å². The first-order chi connectivity index (χ1) is 8.15. The fraction of sp³-hybridized carbons (Fsp3) is 0.385. The molecule has 1 spiro atoms. The van der Waals surface area contributed by atoms with Crippen LogP contribution in [0.4, 0.5) is 0 Å². The summed E-state index contributed by atoms with van der Waals surface area (Å²) < 4.78 is 0. The quantitative estimate of drug-likeness (QED) is 0.692. The minimum Gasteiger partial charge on any atom is -0.338 e. The maximum Gasteiger partial charge on any atom is 0.257 e. The van der Waals surface area contributed by atoms with Gasteiger partial charge in [-0.25, -0.2) is 0 Å². The number of nitrogens with zero attached hydrogens (tertiary/aromatic N) is 1. The van der Waals surface area contributed by atoms with Gasteiger partial charge in [0.15, 0.2) is 5.96 Å². The third kappa shape index (κ3) is 1.30. The molecule has 88 valence electrons. The first-order valence-corrected chi connectivity index (χ1v) is 5.82. The zero-order chi connectivity index (χ0) is 12.0. The molecule has 4 heteroatoms. The molecule has 0 radical (unpaired) electrons. The van der Waals surface area contributed by atoms with E-state index in [9.17, 15) is 4.79 Å². The van der Waals surface area contributed by atoms with E-state index in [2.05, 4.69) is 33.8 Å². The molecule has 2 aliphatic rings. The van der Waals surface area contributed by atoms with Gasteiger partial charge in [-0.05, 0) is 30.9 Å². The van der Waals surface area contributed by atoms with E-state index in [-0.39, 0.29) is 5.91 Å². The van der Waals surface area contributed by atoms with Crippen LogP contribution in [0.1, 0.15) is 23.1 Å². The number of hydrogen-bond acceptors (Lipinski definition) is 2. The molecule has 0 aromatic heterocycles. The van der Waals surface area contributed by atoms with Gasteiger partial charge in [0.25, 0.3) is 5.91 Å². The van der Waals surface area contributed by atoms with Crippen molar-refractivity contribution in [2.75, 3.05) is 7.05 Å². The summed E-state index contributed by atoms with van der Waals surface area (Å²) in [5.74, 6) is 0.590. The summed E-state index contributed by atoms with van der Waals surface area (Å²) in [6, 6.07) is 6.32. The van der Waals surface area contributed by atoms with Crippen LogP contribution in [0.2, 0.25) is 0 Å². The Morgan fingerprint density at radius 2 is 2.24 bits per heavy atom. The molecule has 1 aliphatic heterocycles. The maximum absolute atomic E-state index is 12.2. The summed E-state index contributed by atoms with van der Waals surface area (Å²) in [5.41, 5.74) is 2.96. The highest BCUT2D eigenvalue weighted by Crippen LogP contribution is 2.39. The minimum absolute atomic E-state index is 0.0162. The average Bonchev–Trinajstić information content (AvgIpc) is 2.83. The molecule has 1 heterocycles. The average molecular weight is 229 g/mol. The molecular formula is C13H15N3O. The highest BCUT2D eigenvalue weighted by atomic mass is 16.2. The first-order valence-electron chi connectivity index (χ1n) is 5.82. The molecule has 1 saturated heterocycles. The number of guanidine groups is 1. The molecule has 2 N–H and O–H groups in total. The number of aryl methyl sites for hydroxylation is 2. The number of hydrogen-bond donors (Lipinski definition) is 2. The Morgan fingerprint density at radius 3 is 2.94 bits per heavy atom. The lowest BCUT2D eigenvalue weighted by Gasteiger charge is -2.22. The van der Waals surface area contributed by atoms with Gasteiger partial charge in [-0.15, -0.1) is 0 Å². The van der Waals surface area contributed by atoms with Crippen molar-refractivity contribution in [3.05, 3.63) is 34.9 Å². The van der Waals surface area contributed by atoms with Gasteiger partial charge in [0.05, 0.1) is 0 Å². The van der Waals surface area contributed by atoms with Gasteiger partial charge in [0.1, 0.15) is 5.54 Å². The normalized spacial score (nSPS) is 28.4. The number of nitrogens with one attached hydrogen (secondary N) is 2. The summed E-state index contributed by atoms with van der Waals surface area (Å²) in [6.45, 7) is 2.05. The third-order valence-corrected chi connectivity index (χ3v) is 3.67. The van der Waals surface area contributed by atoms with Crippen LogP contribution in [0, 0.1) is 6.92 Å². The second kappa shape index (κ2) is 3.32. The van der Waals surface area contributed by atoms with Crippen LogP contribution < -0.4 is 10.6 Å². The molecule has 1 aromatic rings. The molecule has 1 amide bonds. The van der Waals surface area contributed by atoms with Crippen molar-refractivity contribution in [2.45, 2.75) is 25.3 Å². The van der Waals surface area contributed by atoms with E-state index in [1.165, 1.54) is 11.1 Å². The summed E-state index contributed by atoms with van der Waals surface area (Å²) in [4.78, 5) is 16.2. The van der Waals surface area contributed by atoms with Gasteiger partial charge < -0.3 is 5.32 Å². The van der Waals surface area contributed by atoms with Crippen LogP contribution in [0.3, 0.4) is 0 Å². The topological polar surface area (TPSA) is 53.5 Å². The zero-order valence-electron chi connectivity index (χ0n) is 10.0. The summed E-state index contributed by atoms with van der Waals surface area (Å²) in [7, 11) is 1.67.